The van der Waals surface area contributed by atoms with E-state index in [2.05, 4.69) is 5.32 Å². The molecule has 1 saturated carbocycles. The number of hydrogen-bond donors (Lipinski definition) is 1. The zero-order valence-electron chi connectivity index (χ0n) is 9.91. The van der Waals surface area contributed by atoms with Gasteiger partial charge >= 0.3 is 0 Å². The van der Waals surface area contributed by atoms with Crippen LogP contribution in [0.2, 0.25) is 0 Å². The first-order valence-electron chi connectivity index (χ1n) is 6.42. The predicted molar refractivity (Wildman–Crippen MR) is 62.2 cm³/mol. The second-order valence-corrected chi connectivity index (χ2v) is 4.74. The van der Waals surface area contributed by atoms with E-state index >= 15 is 0 Å². The Labute approximate surface area is 97.3 Å². The third-order valence-corrected chi connectivity index (χ3v) is 3.54. The van der Waals surface area contributed by atoms with Gasteiger partial charge in [0.05, 0.1) is 13.2 Å². The molecule has 0 spiro atoms. The molecular weight excluding hydrogens is 204 g/mol. The Kier molecular flexibility index (Phi) is 4.60. The van der Waals surface area contributed by atoms with Gasteiger partial charge in [0.25, 0.3) is 0 Å². The van der Waals surface area contributed by atoms with Crippen molar-refractivity contribution in [3.8, 4) is 0 Å². The van der Waals surface area contributed by atoms with Crippen molar-refractivity contribution in [2.45, 2.75) is 25.7 Å². The molecule has 1 saturated heterocycles. The SMILES string of the molecule is O=C(CCNCC1CCC1)N1CCOCC1. The maximum Gasteiger partial charge on any atom is 0.224 e. The molecule has 2 rings (SSSR count). The molecule has 0 atom stereocenters. The van der Waals surface area contributed by atoms with Crippen molar-refractivity contribution in [1.82, 2.24) is 10.2 Å². The summed E-state index contributed by atoms with van der Waals surface area (Å²) in [6.45, 7) is 4.84. The summed E-state index contributed by atoms with van der Waals surface area (Å²) in [5.74, 6) is 1.14. The average molecular weight is 226 g/mol. The van der Waals surface area contributed by atoms with E-state index in [1.54, 1.807) is 0 Å². The van der Waals surface area contributed by atoms with Gasteiger partial charge in [0.2, 0.25) is 5.91 Å². The molecule has 1 aliphatic carbocycles. The summed E-state index contributed by atoms with van der Waals surface area (Å²) in [6.07, 6.45) is 4.75. The summed E-state index contributed by atoms with van der Waals surface area (Å²) in [7, 11) is 0. The number of morpholine rings is 1. The van der Waals surface area contributed by atoms with Crippen LogP contribution in [0.4, 0.5) is 0 Å². The Morgan fingerprint density at radius 3 is 2.69 bits per heavy atom. The molecule has 0 aromatic rings. The second-order valence-electron chi connectivity index (χ2n) is 4.74. The molecule has 1 heterocycles. The summed E-state index contributed by atoms with van der Waals surface area (Å²) >= 11 is 0. The summed E-state index contributed by atoms with van der Waals surface area (Å²) in [4.78, 5) is 13.7. The van der Waals surface area contributed by atoms with Crippen molar-refractivity contribution in [3.05, 3.63) is 0 Å². The van der Waals surface area contributed by atoms with Gasteiger partial charge in [-0.3, -0.25) is 4.79 Å². The second kappa shape index (κ2) is 6.21. The van der Waals surface area contributed by atoms with Crippen molar-refractivity contribution in [2.24, 2.45) is 5.92 Å². The minimum atomic E-state index is 0.268. The summed E-state index contributed by atoms with van der Waals surface area (Å²) in [5.41, 5.74) is 0. The normalized spacial score (nSPS) is 21.9. The van der Waals surface area contributed by atoms with Crippen LogP contribution in [0.3, 0.4) is 0 Å². The highest BCUT2D eigenvalue weighted by Gasteiger charge is 2.18. The fourth-order valence-electron chi connectivity index (χ4n) is 2.17. The van der Waals surface area contributed by atoms with Crippen molar-refractivity contribution in [1.29, 1.82) is 0 Å². The smallest absolute Gasteiger partial charge is 0.224 e. The number of rotatable bonds is 5. The highest BCUT2D eigenvalue weighted by molar-refractivity contribution is 5.76. The van der Waals surface area contributed by atoms with E-state index in [0.717, 1.165) is 32.1 Å². The molecule has 2 aliphatic rings. The Hall–Kier alpha value is -0.610. The predicted octanol–water partition coefficient (Wildman–Crippen LogP) is 0.625. The van der Waals surface area contributed by atoms with Crippen LogP contribution in [0.1, 0.15) is 25.7 Å². The number of amides is 1. The number of nitrogens with one attached hydrogen (secondary N) is 1. The topological polar surface area (TPSA) is 41.6 Å². The molecule has 0 aromatic carbocycles. The van der Waals surface area contributed by atoms with E-state index in [4.69, 9.17) is 4.74 Å². The van der Waals surface area contributed by atoms with Crippen molar-refractivity contribution in [3.63, 3.8) is 0 Å². The minimum Gasteiger partial charge on any atom is -0.378 e. The molecule has 0 aromatic heterocycles. The third-order valence-electron chi connectivity index (χ3n) is 3.54. The molecule has 2 fully saturated rings. The Bertz CT molecular complexity index is 223. The van der Waals surface area contributed by atoms with Gasteiger partial charge in [-0.2, -0.15) is 0 Å². The number of nitrogens with zero attached hydrogens (tertiary/aromatic N) is 1. The highest BCUT2D eigenvalue weighted by atomic mass is 16.5. The van der Waals surface area contributed by atoms with E-state index in [-0.39, 0.29) is 5.91 Å². The molecule has 16 heavy (non-hydrogen) atoms. The largest absolute Gasteiger partial charge is 0.378 e. The van der Waals surface area contributed by atoms with Gasteiger partial charge in [-0.1, -0.05) is 6.42 Å². The molecule has 0 unspecified atom stereocenters. The zero-order valence-corrected chi connectivity index (χ0v) is 9.91. The van der Waals surface area contributed by atoms with Crippen molar-refractivity contribution in [2.75, 3.05) is 39.4 Å². The first kappa shape index (κ1) is 11.9. The molecule has 0 bridgehead atoms. The highest BCUT2D eigenvalue weighted by Crippen LogP contribution is 2.24. The van der Waals surface area contributed by atoms with Gasteiger partial charge in [0.15, 0.2) is 0 Å². The first-order valence-corrected chi connectivity index (χ1v) is 6.42. The van der Waals surface area contributed by atoms with E-state index in [9.17, 15) is 4.79 Å². The monoisotopic (exact) mass is 226 g/mol. The van der Waals surface area contributed by atoms with Crippen LogP contribution < -0.4 is 5.32 Å². The van der Waals surface area contributed by atoms with Gasteiger partial charge < -0.3 is 15.0 Å². The zero-order chi connectivity index (χ0) is 11.2. The molecule has 92 valence electrons. The van der Waals surface area contributed by atoms with Crippen LogP contribution in [0.5, 0.6) is 0 Å². The van der Waals surface area contributed by atoms with Crippen LogP contribution >= 0.6 is 0 Å². The molecule has 4 nitrogen and oxygen atoms in total. The van der Waals surface area contributed by atoms with E-state index in [1.807, 2.05) is 4.90 Å². The average Bonchev–Trinajstić information content (AvgIpc) is 2.27. The van der Waals surface area contributed by atoms with Gasteiger partial charge in [-0.05, 0) is 25.3 Å². The third kappa shape index (κ3) is 3.46. The molecule has 1 aliphatic heterocycles. The van der Waals surface area contributed by atoms with E-state index in [1.165, 1.54) is 19.3 Å². The van der Waals surface area contributed by atoms with Crippen molar-refractivity contribution < 1.29 is 9.53 Å². The van der Waals surface area contributed by atoms with E-state index in [0.29, 0.717) is 19.6 Å². The maximum absolute atomic E-state index is 11.8. The van der Waals surface area contributed by atoms with Gasteiger partial charge in [-0.25, -0.2) is 0 Å². The summed E-state index contributed by atoms with van der Waals surface area (Å²) in [6, 6.07) is 0. The Morgan fingerprint density at radius 1 is 1.31 bits per heavy atom. The lowest BCUT2D eigenvalue weighted by atomic mass is 9.85. The minimum absolute atomic E-state index is 0.268. The van der Waals surface area contributed by atoms with Gasteiger partial charge in [0, 0.05) is 26.1 Å². The Morgan fingerprint density at radius 2 is 2.06 bits per heavy atom. The summed E-state index contributed by atoms with van der Waals surface area (Å²) < 4.78 is 5.22. The van der Waals surface area contributed by atoms with Crippen LogP contribution in [0, 0.1) is 5.92 Å². The van der Waals surface area contributed by atoms with Gasteiger partial charge in [-0.15, -0.1) is 0 Å². The van der Waals surface area contributed by atoms with Crippen LogP contribution in [-0.4, -0.2) is 50.2 Å². The fraction of sp³-hybridized carbons (Fsp3) is 0.917. The lowest BCUT2D eigenvalue weighted by molar-refractivity contribution is -0.135. The van der Waals surface area contributed by atoms with Crippen LogP contribution in [-0.2, 0) is 9.53 Å². The maximum atomic E-state index is 11.8. The molecule has 4 heteroatoms. The first-order chi connectivity index (χ1) is 7.86. The lowest BCUT2D eigenvalue weighted by Crippen LogP contribution is -2.42. The summed E-state index contributed by atoms with van der Waals surface area (Å²) in [5, 5.41) is 3.38. The lowest BCUT2D eigenvalue weighted by Gasteiger charge is -2.28. The van der Waals surface area contributed by atoms with Gasteiger partial charge in [0.1, 0.15) is 0 Å². The molecular formula is C12H22N2O2. The molecule has 0 radical (unpaired) electrons. The Balaban J connectivity index is 1.52. The van der Waals surface area contributed by atoms with Crippen LogP contribution in [0.15, 0.2) is 0 Å². The number of ether oxygens (including phenoxy) is 1. The van der Waals surface area contributed by atoms with E-state index < -0.39 is 0 Å². The fourth-order valence-corrected chi connectivity index (χ4v) is 2.17. The standard InChI is InChI=1S/C12H22N2O2/c15-12(14-6-8-16-9-7-14)4-5-13-10-11-2-1-3-11/h11,13H,1-10H2. The quantitative estimate of drug-likeness (QED) is 0.699. The number of carbonyl (C=O) groups is 1. The number of hydrogen-bond acceptors (Lipinski definition) is 3. The van der Waals surface area contributed by atoms with Crippen molar-refractivity contribution >= 4 is 5.91 Å². The molecule has 1 N–H and O–H groups in total. The number of carbonyl (C=O) groups excluding carboxylic acids is 1. The molecule has 1 amide bonds. The van der Waals surface area contributed by atoms with Crippen LogP contribution in [0.25, 0.3) is 0 Å².